The van der Waals surface area contributed by atoms with Gasteiger partial charge in [0.1, 0.15) is 17.1 Å². The van der Waals surface area contributed by atoms with Gasteiger partial charge in [-0.25, -0.2) is 4.98 Å². The summed E-state index contributed by atoms with van der Waals surface area (Å²) < 4.78 is 5.98. The number of H-pyrrole nitrogens is 1. The topological polar surface area (TPSA) is 67.0 Å². The van der Waals surface area contributed by atoms with E-state index in [-0.39, 0.29) is 5.91 Å². The van der Waals surface area contributed by atoms with Crippen molar-refractivity contribution in [2.75, 3.05) is 0 Å². The van der Waals surface area contributed by atoms with Crippen LogP contribution in [0, 0.1) is 0 Å². The molecule has 4 rings (SSSR count). The van der Waals surface area contributed by atoms with Crippen molar-refractivity contribution in [1.29, 1.82) is 0 Å². The molecule has 4 aromatic rings. The molecule has 0 spiro atoms. The van der Waals surface area contributed by atoms with E-state index in [9.17, 15) is 4.79 Å². The Morgan fingerprint density at radius 2 is 1.79 bits per heavy atom. The van der Waals surface area contributed by atoms with Crippen molar-refractivity contribution >= 4 is 16.9 Å². The van der Waals surface area contributed by atoms with Crippen LogP contribution in [-0.2, 0) is 17.8 Å². The summed E-state index contributed by atoms with van der Waals surface area (Å²) in [6.07, 6.45) is 4.71. The Bertz CT molecular complexity index is 1060. The van der Waals surface area contributed by atoms with Crippen LogP contribution in [0.25, 0.3) is 11.0 Å². The molecule has 2 heterocycles. The number of aromatic nitrogens is 2. The van der Waals surface area contributed by atoms with E-state index in [0.29, 0.717) is 19.4 Å². The molecule has 28 heavy (non-hydrogen) atoms. The molecule has 5 nitrogen and oxygen atoms in total. The number of benzene rings is 2. The van der Waals surface area contributed by atoms with Gasteiger partial charge in [-0.3, -0.25) is 4.79 Å². The summed E-state index contributed by atoms with van der Waals surface area (Å²) in [5.74, 6) is 1.57. The number of nitrogens with zero attached hydrogens (tertiary/aromatic N) is 1. The Morgan fingerprint density at radius 1 is 0.964 bits per heavy atom. The summed E-state index contributed by atoms with van der Waals surface area (Å²) >= 11 is 0. The molecule has 5 heteroatoms. The van der Waals surface area contributed by atoms with Gasteiger partial charge in [-0.05, 0) is 41.8 Å². The smallest absolute Gasteiger partial charge is 0.220 e. The highest BCUT2D eigenvalue weighted by Crippen LogP contribution is 2.28. The maximum Gasteiger partial charge on any atom is 0.220 e. The quantitative estimate of drug-likeness (QED) is 0.499. The van der Waals surface area contributed by atoms with Gasteiger partial charge in [0.15, 0.2) is 0 Å². The predicted molar refractivity (Wildman–Crippen MR) is 109 cm³/mol. The molecule has 140 valence electrons. The average Bonchev–Trinajstić information content (AvgIpc) is 3.22. The summed E-state index contributed by atoms with van der Waals surface area (Å²) in [6, 6.07) is 21.6. The van der Waals surface area contributed by atoms with E-state index < -0.39 is 0 Å². The van der Waals surface area contributed by atoms with Gasteiger partial charge in [-0.15, -0.1) is 0 Å². The van der Waals surface area contributed by atoms with E-state index in [1.807, 2.05) is 72.9 Å². The Hall–Kier alpha value is -3.60. The molecular weight excluding hydrogens is 350 g/mol. The molecule has 2 N–H and O–H groups in total. The van der Waals surface area contributed by atoms with Gasteiger partial charge in [-0.2, -0.15) is 0 Å². The number of fused-ring (bicyclic) bond motifs is 1. The molecule has 0 aliphatic carbocycles. The molecule has 2 aromatic heterocycles. The number of ether oxygens (including phenoxy) is 1. The number of aromatic amines is 1. The third-order valence-electron chi connectivity index (χ3n) is 4.54. The van der Waals surface area contributed by atoms with Crippen LogP contribution in [0.15, 0.2) is 79.1 Å². The highest BCUT2D eigenvalue weighted by Gasteiger charge is 2.06. The zero-order valence-electron chi connectivity index (χ0n) is 15.4. The maximum atomic E-state index is 12.1. The van der Waals surface area contributed by atoms with Gasteiger partial charge in [0.05, 0.1) is 5.39 Å². The lowest BCUT2D eigenvalue weighted by atomic mass is 10.1. The fraction of sp³-hybridized carbons (Fsp3) is 0.130. The van der Waals surface area contributed by atoms with Crippen molar-refractivity contribution in [3.63, 3.8) is 0 Å². The number of amides is 1. The van der Waals surface area contributed by atoms with Gasteiger partial charge in [0.2, 0.25) is 5.91 Å². The van der Waals surface area contributed by atoms with Crippen molar-refractivity contribution in [2.24, 2.45) is 0 Å². The highest BCUT2D eigenvalue weighted by molar-refractivity contribution is 5.82. The molecule has 0 bridgehead atoms. The second kappa shape index (κ2) is 8.39. The van der Waals surface area contributed by atoms with Gasteiger partial charge in [0.25, 0.3) is 0 Å². The molecule has 0 aliphatic rings. The molecule has 0 saturated carbocycles. The van der Waals surface area contributed by atoms with Crippen LogP contribution in [0.1, 0.15) is 17.5 Å². The largest absolute Gasteiger partial charge is 0.457 e. The first kappa shape index (κ1) is 17.8. The summed E-state index contributed by atoms with van der Waals surface area (Å²) in [5, 5.41) is 3.90. The minimum Gasteiger partial charge on any atom is -0.457 e. The monoisotopic (exact) mass is 371 g/mol. The number of rotatable bonds is 7. The lowest BCUT2D eigenvalue weighted by molar-refractivity contribution is -0.121. The highest BCUT2D eigenvalue weighted by atomic mass is 16.5. The molecule has 0 fully saturated rings. The van der Waals surface area contributed by atoms with Crippen LogP contribution >= 0.6 is 0 Å². The normalized spacial score (nSPS) is 10.7. The third-order valence-corrected chi connectivity index (χ3v) is 4.54. The third kappa shape index (κ3) is 4.38. The Balaban J connectivity index is 1.30. The summed E-state index contributed by atoms with van der Waals surface area (Å²) in [7, 11) is 0. The standard InChI is InChI=1S/C23H21N3O2/c27-22(26-16-18-4-2-1-3-5-18)11-8-17-6-9-19(10-7-17)28-21-13-15-25-23-20(21)12-14-24-23/h1-7,9-10,12-15H,8,11,16H2,(H,24,25)(H,26,27). The van der Waals surface area contributed by atoms with E-state index in [1.54, 1.807) is 6.20 Å². The number of hydrogen-bond acceptors (Lipinski definition) is 3. The number of pyridine rings is 1. The number of aryl methyl sites for hydroxylation is 1. The fourth-order valence-corrected chi connectivity index (χ4v) is 3.02. The number of carbonyl (C=O) groups is 1. The summed E-state index contributed by atoms with van der Waals surface area (Å²) in [6.45, 7) is 0.562. The Kier molecular flexibility index (Phi) is 5.33. The maximum absolute atomic E-state index is 12.1. The Labute approximate surface area is 163 Å². The number of nitrogens with one attached hydrogen (secondary N) is 2. The molecule has 0 atom stereocenters. The first-order chi connectivity index (χ1) is 13.8. The van der Waals surface area contributed by atoms with E-state index in [4.69, 9.17) is 4.74 Å². The summed E-state index contributed by atoms with van der Waals surface area (Å²) in [4.78, 5) is 19.4. The lowest BCUT2D eigenvalue weighted by Crippen LogP contribution is -2.22. The van der Waals surface area contributed by atoms with Crippen molar-refractivity contribution in [3.05, 3.63) is 90.3 Å². The van der Waals surface area contributed by atoms with Gasteiger partial charge in [0, 0.05) is 25.4 Å². The van der Waals surface area contributed by atoms with E-state index >= 15 is 0 Å². The van der Waals surface area contributed by atoms with Crippen LogP contribution in [0.2, 0.25) is 0 Å². The first-order valence-electron chi connectivity index (χ1n) is 9.27. The van der Waals surface area contributed by atoms with Crippen LogP contribution in [0.5, 0.6) is 11.5 Å². The SMILES string of the molecule is O=C(CCc1ccc(Oc2ccnc3[nH]ccc23)cc1)NCc1ccccc1. The zero-order chi connectivity index (χ0) is 19.2. The zero-order valence-corrected chi connectivity index (χ0v) is 15.4. The van der Waals surface area contributed by atoms with Crippen molar-refractivity contribution in [3.8, 4) is 11.5 Å². The fourth-order valence-electron chi connectivity index (χ4n) is 3.02. The second-order valence-electron chi connectivity index (χ2n) is 6.56. The molecule has 1 amide bonds. The molecular formula is C23H21N3O2. The van der Waals surface area contributed by atoms with Gasteiger partial charge >= 0.3 is 0 Å². The molecule has 0 unspecified atom stereocenters. The van der Waals surface area contributed by atoms with Crippen LogP contribution in [0.3, 0.4) is 0 Å². The molecule has 0 radical (unpaired) electrons. The van der Waals surface area contributed by atoms with Crippen LogP contribution in [0.4, 0.5) is 0 Å². The van der Waals surface area contributed by atoms with Crippen molar-refractivity contribution < 1.29 is 9.53 Å². The Morgan fingerprint density at radius 3 is 2.61 bits per heavy atom. The summed E-state index contributed by atoms with van der Waals surface area (Å²) in [5.41, 5.74) is 3.00. The second-order valence-corrected chi connectivity index (χ2v) is 6.56. The van der Waals surface area contributed by atoms with Gasteiger partial charge < -0.3 is 15.0 Å². The molecule has 0 saturated heterocycles. The van der Waals surface area contributed by atoms with E-state index in [1.165, 1.54) is 0 Å². The van der Waals surface area contributed by atoms with Crippen molar-refractivity contribution in [1.82, 2.24) is 15.3 Å². The predicted octanol–water partition coefficient (Wildman–Crippen LogP) is 4.60. The minimum atomic E-state index is 0.0517. The molecule has 2 aromatic carbocycles. The van der Waals surface area contributed by atoms with E-state index in [2.05, 4.69) is 15.3 Å². The van der Waals surface area contributed by atoms with Crippen LogP contribution in [-0.4, -0.2) is 15.9 Å². The number of carbonyl (C=O) groups excluding carboxylic acids is 1. The number of hydrogen-bond donors (Lipinski definition) is 2. The minimum absolute atomic E-state index is 0.0517. The first-order valence-corrected chi connectivity index (χ1v) is 9.27. The van der Waals surface area contributed by atoms with E-state index in [0.717, 1.165) is 33.7 Å². The average molecular weight is 371 g/mol. The van der Waals surface area contributed by atoms with Gasteiger partial charge in [-0.1, -0.05) is 42.5 Å². The van der Waals surface area contributed by atoms with Crippen molar-refractivity contribution in [2.45, 2.75) is 19.4 Å². The van der Waals surface area contributed by atoms with Crippen LogP contribution < -0.4 is 10.1 Å². The molecule has 0 aliphatic heterocycles. The lowest BCUT2D eigenvalue weighted by Gasteiger charge is -2.08.